The number of nitrogens with zero attached hydrogens (tertiary/aromatic N) is 1. The number of benzene rings is 1. The van der Waals surface area contributed by atoms with Gasteiger partial charge in [0.2, 0.25) is 0 Å². The number of hydrogen-bond acceptors (Lipinski definition) is 2. The average Bonchev–Trinajstić information content (AvgIpc) is 2.17. The van der Waals surface area contributed by atoms with Crippen LogP contribution in [0.4, 0.5) is 0 Å². The highest BCUT2D eigenvalue weighted by Crippen LogP contribution is 2.20. The van der Waals surface area contributed by atoms with Crippen molar-refractivity contribution in [2.45, 2.75) is 11.8 Å². The van der Waals surface area contributed by atoms with E-state index in [-0.39, 0.29) is 0 Å². The van der Waals surface area contributed by atoms with Crippen LogP contribution in [0.2, 0.25) is 0 Å². The zero-order chi connectivity index (χ0) is 10.4. The number of amidine groups is 1. The van der Waals surface area contributed by atoms with Gasteiger partial charge in [-0.15, -0.1) is 11.8 Å². The van der Waals surface area contributed by atoms with E-state index in [9.17, 15) is 0 Å². The van der Waals surface area contributed by atoms with Crippen LogP contribution in [0.25, 0.3) is 0 Å². The fourth-order valence-electron chi connectivity index (χ4n) is 0.937. The Morgan fingerprint density at radius 3 is 2.64 bits per heavy atom. The van der Waals surface area contributed by atoms with Gasteiger partial charge in [-0.3, -0.25) is 4.99 Å². The van der Waals surface area contributed by atoms with Gasteiger partial charge >= 0.3 is 0 Å². The van der Waals surface area contributed by atoms with E-state index in [0.717, 1.165) is 16.8 Å². The molecule has 0 fully saturated rings. The lowest BCUT2D eigenvalue weighted by molar-refractivity contribution is 1.12. The topological polar surface area (TPSA) is 38.4 Å². The van der Waals surface area contributed by atoms with E-state index in [1.807, 2.05) is 19.1 Å². The van der Waals surface area contributed by atoms with Crippen molar-refractivity contribution in [2.75, 3.05) is 12.3 Å². The van der Waals surface area contributed by atoms with E-state index < -0.39 is 0 Å². The minimum atomic E-state index is 0.709. The third-order valence-corrected chi connectivity index (χ3v) is 3.14. The summed E-state index contributed by atoms with van der Waals surface area (Å²) < 4.78 is 1.09. The van der Waals surface area contributed by atoms with E-state index in [2.05, 4.69) is 33.1 Å². The molecule has 0 heterocycles. The lowest BCUT2D eigenvalue weighted by atomic mass is 10.4. The Kier molecular flexibility index (Phi) is 5.04. The van der Waals surface area contributed by atoms with Crippen LogP contribution in [0.1, 0.15) is 6.92 Å². The molecule has 0 spiro atoms. The summed E-state index contributed by atoms with van der Waals surface area (Å²) in [6.07, 6.45) is 0. The summed E-state index contributed by atoms with van der Waals surface area (Å²) in [4.78, 5) is 5.33. The SMILES string of the molecule is CCN=C(N)CSc1ccc(Br)cc1. The summed E-state index contributed by atoms with van der Waals surface area (Å²) in [5.74, 6) is 1.47. The lowest BCUT2D eigenvalue weighted by Gasteiger charge is -2.01. The molecule has 2 nitrogen and oxygen atoms in total. The minimum Gasteiger partial charge on any atom is -0.387 e. The van der Waals surface area contributed by atoms with Crippen molar-refractivity contribution in [3.05, 3.63) is 28.7 Å². The molecule has 0 bridgehead atoms. The summed E-state index contributed by atoms with van der Waals surface area (Å²) in [7, 11) is 0. The van der Waals surface area contributed by atoms with Crippen molar-refractivity contribution in [1.29, 1.82) is 0 Å². The van der Waals surface area contributed by atoms with Crippen LogP contribution in [0.3, 0.4) is 0 Å². The fourth-order valence-corrected chi connectivity index (χ4v) is 1.94. The van der Waals surface area contributed by atoms with Gasteiger partial charge in [0.05, 0.1) is 5.75 Å². The standard InChI is InChI=1S/C10H13BrN2S/c1-2-13-10(12)7-14-9-5-3-8(11)4-6-9/h3-6H,2,7H2,1H3,(H2,12,13). The maximum Gasteiger partial charge on any atom is 0.104 e. The lowest BCUT2D eigenvalue weighted by Crippen LogP contribution is -2.14. The van der Waals surface area contributed by atoms with Crippen molar-refractivity contribution in [2.24, 2.45) is 10.7 Å². The number of nitrogens with two attached hydrogens (primary N) is 1. The van der Waals surface area contributed by atoms with Crippen LogP contribution in [0.5, 0.6) is 0 Å². The van der Waals surface area contributed by atoms with Crippen molar-refractivity contribution < 1.29 is 0 Å². The Morgan fingerprint density at radius 2 is 2.07 bits per heavy atom. The zero-order valence-electron chi connectivity index (χ0n) is 8.03. The summed E-state index contributed by atoms with van der Waals surface area (Å²) in [6, 6.07) is 8.17. The molecule has 0 saturated heterocycles. The van der Waals surface area contributed by atoms with Gasteiger partial charge < -0.3 is 5.73 Å². The molecule has 1 rings (SSSR count). The predicted molar refractivity (Wildman–Crippen MR) is 67.0 cm³/mol. The van der Waals surface area contributed by atoms with Gasteiger partial charge in [0.15, 0.2) is 0 Å². The summed E-state index contributed by atoms with van der Waals surface area (Å²) >= 11 is 5.09. The first-order valence-electron chi connectivity index (χ1n) is 4.39. The first-order valence-corrected chi connectivity index (χ1v) is 6.17. The molecule has 2 N–H and O–H groups in total. The first kappa shape index (κ1) is 11.6. The van der Waals surface area contributed by atoms with Crippen LogP contribution in [-0.2, 0) is 0 Å². The fraction of sp³-hybridized carbons (Fsp3) is 0.300. The van der Waals surface area contributed by atoms with E-state index in [0.29, 0.717) is 5.84 Å². The average molecular weight is 273 g/mol. The Balaban J connectivity index is 2.46. The maximum atomic E-state index is 5.68. The molecule has 0 amide bonds. The van der Waals surface area contributed by atoms with Crippen LogP contribution >= 0.6 is 27.7 Å². The summed E-state index contributed by atoms with van der Waals surface area (Å²) in [6.45, 7) is 2.74. The van der Waals surface area contributed by atoms with E-state index in [1.54, 1.807) is 11.8 Å². The van der Waals surface area contributed by atoms with Crippen LogP contribution < -0.4 is 5.73 Å². The molecular weight excluding hydrogens is 260 g/mol. The largest absolute Gasteiger partial charge is 0.387 e. The van der Waals surface area contributed by atoms with Gasteiger partial charge in [0.25, 0.3) is 0 Å². The normalized spacial score (nSPS) is 11.7. The Morgan fingerprint density at radius 1 is 1.43 bits per heavy atom. The molecule has 0 aliphatic rings. The molecule has 0 radical (unpaired) electrons. The van der Waals surface area contributed by atoms with Crippen molar-refractivity contribution >= 4 is 33.5 Å². The van der Waals surface area contributed by atoms with Gasteiger partial charge in [-0.2, -0.15) is 0 Å². The third kappa shape index (κ3) is 4.15. The molecule has 0 atom stereocenters. The number of halogens is 1. The van der Waals surface area contributed by atoms with E-state index in [1.165, 1.54) is 4.90 Å². The van der Waals surface area contributed by atoms with Crippen molar-refractivity contribution in [1.82, 2.24) is 0 Å². The monoisotopic (exact) mass is 272 g/mol. The Labute approximate surface area is 97.1 Å². The molecule has 0 aliphatic heterocycles. The molecular formula is C10H13BrN2S. The van der Waals surface area contributed by atoms with Gasteiger partial charge in [-0.25, -0.2) is 0 Å². The molecule has 76 valence electrons. The third-order valence-electron chi connectivity index (χ3n) is 1.56. The minimum absolute atomic E-state index is 0.709. The molecule has 4 heteroatoms. The number of thioether (sulfide) groups is 1. The molecule has 0 aliphatic carbocycles. The smallest absolute Gasteiger partial charge is 0.104 e. The van der Waals surface area contributed by atoms with Crippen LogP contribution in [0, 0.1) is 0 Å². The van der Waals surface area contributed by atoms with Gasteiger partial charge in [-0.1, -0.05) is 15.9 Å². The number of hydrogen-bond donors (Lipinski definition) is 1. The maximum absolute atomic E-state index is 5.68. The van der Waals surface area contributed by atoms with Gasteiger partial charge in [-0.05, 0) is 31.2 Å². The van der Waals surface area contributed by atoms with Crippen molar-refractivity contribution in [3.8, 4) is 0 Å². The summed E-state index contributed by atoms with van der Waals surface area (Å²) in [5.41, 5.74) is 5.68. The molecule has 0 saturated carbocycles. The predicted octanol–water partition coefficient (Wildman–Crippen LogP) is 2.92. The van der Waals surface area contributed by atoms with E-state index in [4.69, 9.17) is 5.73 Å². The first-order chi connectivity index (χ1) is 6.72. The number of rotatable bonds is 4. The van der Waals surface area contributed by atoms with Gasteiger partial charge in [0.1, 0.15) is 5.84 Å². The highest BCUT2D eigenvalue weighted by molar-refractivity contribution is 9.10. The zero-order valence-corrected chi connectivity index (χ0v) is 10.4. The second-order valence-electron chi connectivity index (χ2n) is 2.71. The van der Waals surface area contributed by atoms with Crippen LogP contribution in [0.15, 0.2) is 38.6 Å². The second-order valence-corrected chi connectivity index (χ2v) is 4.67. The second kappa shape index (κ2) is 6.09. The molecule has 1 aromatic carbocycles. The van der Waals surface area contributed by atoms with Crippen LogP contribution in [-0.4, -0.2) is 18.1 Å². The Bertz CT molecular complexity index is 308. The Hall–Kier alpha value is -0.480. The molecule has 1 aromatic rings. The quantitative estimate of drug-likeness (QED) is 0.520. The van der Waals surface area contributed by atoms with Gasteiger partial charge in [0, 0.05) is 15.9 Å². The van der Waals surface area contributed by atoms with Crippen molar-refractivity contribution in [3.63, 3.8) is 0 Å². The molecule has 0 unspecified atom stereocenters. The molecule has 0 aromatic heterocycles. The summed E-state index contributed by atoms with van der Waals surface area (Å²) in [5, 5.41) is 0. The van der Waals surface area contributed by atoms with E-state index >= 15 is 0 Å². The molecule has 14 heavy (non-hydrogen) atoms. The number of aliphatic imine (C=N–C) groups is 1. The highest BCUT2D eigenvalue weighted by Gasteiger charge is 1.96. The highest BCUT2D eigenvalue weighted by atomic mass is 79.9.